The van der Waals surface area contributed by atoms with Gasteiger partial charge in [0.05, 0.1) is 12.0 Å². The van der Waals surface area contributed by atoms with E-state index in [1.54, 1.807) is 7.11 Å². The van der Waals surface area contributed by atoms with Crippen molar-refractivity contribution >= 4 is 6.29 Å². The van der Waals surface area contributed by atoms with E-state index >= 15 is 0 Å². The summed E-state index contributed by atoms with van der Waals surface area (Å²) in [5.74, 6) is 0.500. The van der Waals surface area contributed by atoms with Gasteiger partial charge in [-0.2, -0.15) is 0 Å². The fourth-order valence-corrected chi connectivity index (χ4v) is 1.96. The van der Waals surface area contributed by atoms with Gasteiger partial charge in [0.1, 0.15) is 6.29 Å². The van der Waals surface area contributed by atoms with Crippen LogP contribution in [0.1, 0.15) is 26.2 Å². The standard InChI is InChI=1S/C9H16O2/c1-8-4-3-5-9(8,6-10)7-11-2/h6,8H,3-5,7H2,1-2H3. The number of carbonyl (C=O) groups is 1. The van der Waals surface area contributed by atoms with Crippen molar-refractivity contribution in [2.75, 3.05) is 13.7 Å². The Morgan fingerprint density at radius 2 is 2.45 bits per heavy atom. The molecule has 64 valence electrons. The van der Waals surface area contributed by atoms with E-state index in [2.05, 4.69) is 6.92 Å². The topological polar surface area (TPSA) is 26.3 Å². The summed E-state index contributed by atoms with van der Waals surface area (Å²) < 4.78 is 5.06. The molecule has 1 aliphatic carbocycles. The zero-order chi connectivity index (χ0) is 8.32. The molecule has 11 heavy (non-hydrogen) atoms. The first kappa shape index (κ1) is 8.72. The molecule has 2 nitrogen and oxygen atoms in total. The highest BCUT2D eigenvalue weighted by atomic mass is 16.5. The Morgan fingerprint density at radius 3 is 2.82 bits per heavy atom. The summed E-state index contributed by atoms with van der Waals surface area (Å²) in [5.41, 5.74) is -0.158. The quantitative estimate of drug-likeness (QED) is 0.581. The Kier molecular flexibility index (Phi) is 2.66. The maximum Gasteiger partial charge on any atom is 0.128 e. The van der Waals surface area contributed by atoms with Crippen LogP contribution < -0.4 is 0 Å². The maximum atomic E-state index is 10.8. The van der Waals surface area contributed by atoms with Crippen LogP contribution in [0.5, 0.6) is 0 Å². The molecule has 0 radical (unpaired) electrons. The number of carbonyl (C=O) groups excluding carboxylic acids is 1. The number of methoxy groups -OCH3 is 1. The third-order valence-electron chi connectivity index (χ3n) is 2.91. The average molecular weight is 156 g/mol. The molecule has 0 aromatic heterocycles. The number of hydrogen-bond donors (Lipinski definition) is 0. The van der Waals surface area contributed by atoms with E-state index in [0.717, 1.165) is 12.7 Å². The maximum absolute atomic E-state index is 10.8. The van der Waals surface area contributed by atoms with E-state index in [1.807, 2.05) is 0 Å². The van der Waals surface area contributed by atoms with Gasteiger partial charge in [0.15, 0.2) is 0 Å². The lowest BCUT2D eigenvalue weighted by Gasteiger charge is -2.25. The van der Waals surface area contributed by atoms with Crippen LogP contribution in [0.15, 0.2) is 0 Å². The molecule has 2 atom stereocenters. The molecule has 1 rings (SSSR count). The van der Waals surface area contributed by atoms with E-state index in [0.29, 0.717) is 12.5 Å². The van der Waals surface area contributed by atoms with Crippen molar-refractivity contribution in [1.82, 2.24) is 0 Å². The van der Waals surface area contributed by atoms with E-state index in [1.165, 1.54) is 12.8 Å². The Labute approximate surface area is 67.9 Å². The fourth-order valence-electron chi connectivity index (χ4n) is 1.96. The van der Waals surface area contributed by atoms with Crippen molar-refractivity contribution in [3.63, 3.8) is 0 Å². The van der Waals surface area contributed by atoms with Crippen molar-refractivity contribution in [3.05, 3.63) is 0 Å². The smallest absolute Gasteiger partial charge is 0.128 e. The second kappa shape index (κ2) is 3.35. The van der Waals surface area contributed by atoms with E-state index < -0.39 is 0 Å². The van der Waals surface area contributed by atoms with Gasteiger partial charge >= 0.3 is 0 Å². The van der Waals surface area contributed by atoms with Crippen LogP contribution in [-0.2, 0) is 9.53 Å². The van der Waals surface area contributed by atoms with Crippen LogP contribution in [0.2, 0.25) is 0 Å². The molecule has 2 heteroatoms. The summed E-state index contributed by atoms with van der Waals surface area (Å²) in [4.78, 5) is 10.8. The molecule has 0 amide bonds. The molecule has 0 spiro atoms. The normalized spacial score (nSPS) is 37.5. The van der Waals surface area contributed by atoms with Gasteiger partial charge in [-0.25, -0.2) is 0 Å². The van der Waals surface area contributed by atoms with E-state index in [-0.39, 0.29) is 5.41 Å². The number of rotatable bonds is 3. The minimum atomic E-state index is -0.158. The number of aldehydes is 1. The first-order chi connectivity index (χ1) is 5.25. The van der Waals surface area contributed by atoms with Gasteiger partial charge in [-0.1, -0.05) is 13.3 Å². The second-order valence-electron chi connectivity index (χ2n) is 3.58. The third-order valence-corrected chi connectivity index (χ3v) is 2.91. The highest BCUT2D eigenvalue weighted by molar-refractivity contribution is 5.60. The Bertz CT molecular complexity index is 144. The SMILES string of the molecule is COCC1(C=O)CCCC1C. The van der Waals surface area contributed by atoms with E-state index in [9.17, 15) is 4.79 Å². The molecule has 0 bridgehead atoms. The first-order valence-electron chi connectivity index (χ1n) is 4.20. The lowest BCUT2D eigenvalue weighted by atomic mass is 9.81. The molecule has 0 N–H and O–H groups in total. The van der Waals surface area contributed by atoms with Crippen molar-refractivity contribution < 1.29 is 9.53 Å². The molecule has 0 aromatic rings. The van der Waals surface area contributed by atoms with Crippen LogP contribution in [0.25, 0.3) is 0 Å². The molecule has 1 fully saturated rings. The summed E-state index contributed by atoms with van der Waals surface area (Å²) in [7, 11) is 1.66. The van der Waals surface area contributed by atoms with Crippen LogP contribution in [0, 0.1) is 11.3 Å². The molecule has 1 aliphatic rings. The predicted molar refractivity (Wildman–Crippen MR) is 43.4 cm³/mol. The Morgan fingerprint density at radius 1 is 1.73 bits per heavy atom. The summed E-state index contributed by atoms with van der Waals surface area (Å²) in [6.45, 7) is 2.73. The lowest BCUT2D eigenvalue weighted by Crippen LogP contribution is -2.30. The van der Waals surface area contributed by atoms with Crippen LogP contribution in [-0.4, -0.2) is 20.0 Å². The molecular weight excluding hydrogens is 140 g/mol. The number of ether oxygens (including phenoxy) is 1. The van der Waals surface area contributed by atoms with Crippen LogP contribution >= 0.6 is 0 Å². The van der Waals surface area contributed by atoms with Crippen molar-refractivity contribution in [3.8, 4) is 0 Å². The highest BCUT2D eigenvalue weighted by Crippen LogP contribution is 2.41. The van der Waals surface area contributed by atoms with Gasteiger partial charge in [-0.05, 0) is 18.8 Å². The summed E-state index contributed by atoms with van der Waals surface area (Å²) in [6.07, 6.45) is 4.44. The van der Waals surface area contributed by atoms with Gasteiger partial charge in [0.25, 0.3) is 0 Å². The predicted octanol–water partition coefficient (Wildman–Crippen LogP) is 1.64. The molecular formula is C9H16O2. The zero-order valence-corrected chi connectivity index (χ0v) is 7.30. The third kappa shape index (κ3) is 1.45. The van der Waals surface area contributed by atoms with E-state index in [4.69, 9.17) is 4.74 Å². The molecule has 0 saturated heterocycles. The van der Waals surface area contributed by atoms with Gasteiger partial charge in [-0.15, -0.1) is 0 Å². The average Bonchev–Trinajstić information content (AvgIpc) is 2.35. The van der Waals surface area contributed by atoms with Crippen molar-refractivity contribution in [2.24, 2.45) is 11.3 Å². The monoisotopic (exact) mass is 156 g/mol. The molecule has 2 unspecified atom stereocenters. The van der Waals surface area contributed by atoms with Gasteiger partial charge in [-0.3, -0.25) is 0 Å². The minimum absolute atomic E-state index is 0.158. The van der Waals surface area contributed by atoms with Crippen LogP contribution in [0.3, 0.4) is 0 Å². The van der Waals surface area contributed by atoms with Crippen LogP contribution in [0.4, 0.5) is 0 Å². The highest BCUT2D eigenvalue weighted by Gasteiger charge is 2.39. The second-order valence-corrected chi connectivity index (χ2v) is 3.58. The first-order valence-corrected chi connectivity index (χ1v) is 4.20. The number of hydrogen-bond acceptors (Lipinski definition) is 2. The Balaban J connectivity index is 2.65. The summed E-state index contributed by atoms with van der Waals surface area (Å²) in [5, 5.41) is 0. The van der Waals surface area contributed by atoms with Gasteiger partial charge in [0, 0.05) is 7.11 Å². The fraction of sp³-hybridized carbons (Fsp3) is 0.889. The zero-order valence-electron chi connectivity index (χ0n) is 7.30. The molecule has 0 heterocycles. The van der Waals surface area contributed by atoms with Gasteiger partial charge < -0.3 is 9.53 Å². The van der Waals surface area contributed by atoms with Gasteiger partial charge in [0.2, 0.25) is 0 Å². The molecule has 0 aliphatic heterocycles. The molecule has 1 saturated carbocycles. The Hall–Kier alpha value is -0.370. The van der Waals surface area contributed by atoms with Crippen molar-refractivity contribution in [2.45, 2.75) is 26.2 Å². The van der Waals surface area contributed by atoms with Crippen molar-refractivity contribution in [1.29, 1.82) is 0 Å². The molecule has 0 aromatic carbocycles. The lowest BCUT2D eigenvalue weighted by molar-refractivity contribution is -0.121. The summed E-state index contributed by atoms with van der Waals surface area (Å²) >= 11 is 0. The minimum Gasteiger partial charge on any atom is -0.384 e. The summed E-state index contributed by atoms with van der Waals surface area (Å²) in [6, 6.07) is 0. The largest absolute Gasteiger partial charge is 0.384 e.